The molecule has 192 valence electrons. The van der Waals surface area contributed by atoms with Gasteiger partial charge in [0.05, 0.1) is 17.3 Å². The SMILES string of the molecule is CCOc1ncc(Cl)cc1C(=O)NCC(C)(C)CC(=O)Nc1c(C)n(C)n(-c2cccc(C)n2)c1=O. The van der Waals surface area contributed by atoms with Crippen molar-refractivity contribution in [3.05, 3.63) is 62.8 Å². The van der Waals surface area contributed by atoms with Gasteiger partial charge in [0.25, 0.3) is 11.5 Å². The highest BCUT2D eigenvalue weighted by Crippen LogP contribution is 2.23. The number of halogens is 1. The minimum absolute atomic E-state index is 0.0653. The number of hydrogen-bond donors (Lipinski definition) is 2. The molecule has 3 aromatic heterocycles. The fraction of sp³-hybridized carbons (Fsp3) is 0.400. The van der Waals surface area contributed by atoms with Crippen LogP contribution in [-0.2, 0) is 11.8 Å². The molecule has 2 N–H and O–H groups in total. The molecule has 0 aliphatic heterocycles. The Bertz CT molecular complexity index is 1340. The number of nitrogens with zero attached hydrogens (tertiary/aromatic N) is 4. The maximum absolute atomic E-state index is 13.1. The van der Waals surface area contributed by atoms with Crippen LogP contribution < -0.4 is 20.9 Å². The van der Waals surface area contributed by atoms with Crippen LogP contribution in [0.4, 0.5) is 5.69 Å². The lowest BCUT2D eigenvalue weighted by Gasteiger charge is -2.24. The van der Waals surface area contributed by atoms with E-state index in [4.69, 9.17) is 16.3 Å². The summed E-state index contributed by atoms with van der Waals surface area (Å²) in [5, 5.41) is 5.89. The van der Waals surface area contributed by atoms with Gasteiger partial charge < -0.3 is 15.4 Å². The Morgan fingerprint density at radius 1 is 1.22 bits per heavy atom. The molecule has 0 aliphatic rings. The Morgan fingerprint density at radius 2 is 1.94 bits per heavy atom. The van der Waals surface area contributed by atoms with Gasteiger partial charge in [-0.3, -0.25) is 19.1 Å². The van der Waals surface area contributed by atoms with Gasteiger partial charge in [0.15, 0.2) is 5.82 Å². The lowest BCUT2D eigenvalue weighted by Crippen LogP contribution is -2.37. The van der Waals surface area contributed by atoms with Crippen LogP contribution in [0.5, 0.6) is 5.88 Å². The Morgan fingerprint density at radius 3 is 2.61 bits per heavy atom. The van der Waals surface area contributed by atoms with Crippen LogP contribution in [0.15, 0.2) is 35.3 Å². The zero-order chi connectivity index (χ0) is 26.6. The van der Waals surface area contributed by atoms with E-state index in [2.05, 4.69) is 20.6 Å². The molecule has 3 aromatic rings. The van der Waals surface area contributed by atoms with Crippen LogP contribution in [0.3, 0.4) is 0 Å². The normalized spacial score (nSPS) is 11.3. The van der Waals surface area contributed by atoms with Crippen LogP contribution >= 0.6 is 11.6 Å². The number of nitrogens with one attached hydrogen (secondary N) is 2. The van der Waals surface area contributed by atoms with Crippen LogP contribution in [0, 0.1) is 19.3 Å². The molecule has 0 saturated heterocycles. The second-order valence-electron chi connectivity index (χ2n) is 9.25. The minimum Gasteiger partial charge on any atom is -0.477 e. The number of ether oxygens (including phenoxy) is 1. The van der Waals surface area contributed by atoms with E-state index >= 15 is 0 Å². The minimum atomic E-state index is -0.614. The lowest BCUT2D eigenvalue weighted by molar-refractivity contribution is -0.118. The van der Waals surface area contributed by atoms with Crippen molar-refractivity contribution in [3.8, 4) is 11.7 Å². The molecule has 36 heavy (non-hydrogen) atoms. The van der Waals surface area contributed by atoms with Gasteiger partial charge in [-0.2, -0.15) is 4.68 Å². The summed E-state index contributed by atoms with van der Waals surface area (Å²) in [6.45, 7) is 9.63. The number of anilines is 1. The first-order valence-electron chi connectivity index (χ1n) is 11.5. The zero-order valence-corrected chi connectivity index (χ0v) is 22.1. The third-order valence-electron chi connectivity index (χ3n) is 5.62. The average Bonchev–Trinajstić information content (AvgIpc) is 3.01. The second kappa shape index (κ2) is 10.9. The zero-order valence-electron chi connectivity index (χ0n) is 21.3. The molecule has 10 nitrogen and oxygen atoms in total. The van der Waals surface area contributed by atoms with E-state index in [-0.39, 0.29) is 41.6 Å². The van der Waals surface area contributed by atoms with Crippen molar-refractivity contribution in [1.82, 2.24) is 24.6 Å². The summed E-state index contributed by atoms with van der Waals surface area (Å²) >= 11 is 6.00. The van der Waals surface area contributed by atoms with Gasteiger partial charge in [-0.05, 0) is 44.4 Å². The molecule has 0 radical (unpaired) electrons. The van der Waals surface area contributed by atoms with Gasteiger partial charge in [-0.25, -0.2) is 9.97 Å². The Hall–Kier alpha value is -3.66. The molecule has 0 unspecified atom stereocenters. The maximum atomic E-state index is 13.1. The van der Waals surface area contributed by atoms with Gasteiger partial charge in [0.1, 0.15) is 11.3 Å². The summed E-state index contributed by atoms with van der Waals surface area (Å²) in [6, 6.07) is 6.88. The summed E-state index contributed by atoms with van der Waals surface area (Å²) in [5.41, 5.74) is 0.794. The van der Waals surface area contributed by atoms with Gasteiger partial charge in [0, 0.05) is 31.9 Å². The summed E-state index contributed by atoms with van der Waals surface area (Å²) < 4.78 is 8.48. The third-order valence-corrected chi connectivity index (χ3v) is 5.83. The monoisotopic (exact) mass is 514 g/mol. The van der Waals surface area contributed by atoms with Crippen LogP contribution in [0.1, 0.15) is 48.9 Å². The van der Waals surface area contributed by atoms with Crippen molar-refractivity contribution in [1.29, 1.82) is 0 Å². The molecule has 0 fully saturated rings. The molecule has 11 heteroatoms. The highest BCUT2D eigenvalue weighted by molar-refractivity contribution is 6.30. The number of rotatable bonds is 9. The van der Waals surface area contributed by atoms with Crippen molar-refractivity contribution in [2.45, 2.75) is 41.0 Å². The van der Waals surface area contributed by atoms with Crippen molar-refractivity contribution < 1.29 is 14.3 Å². The van der Waals surface area contributed by atoms with E-state index < -0.39 is 11.3 Å². The number of carbonyl (C=O) groups excluding carboxylic acids is 2. The van der Waals surface area contributed by atoms with Gasteiger partial charge in [-0.1, -0.05) is 31.5 Å². The molecule has 0 atom stereocenters. The third kappa shape index (κ3) is 6.12. The van der Waals surface area contributed by atoms with Crippen LogP contribution in [0.25, 0.3) is 5.82 Å². The van der Waals surface area contributed by atoms with Crippen molar-refractivity contribution in [3.63, 3.8) is 0 Å². The number of carbonyl (C=O) groups is 2. The van der Waals surface area contributed by atoms with Crippen LogP contribution in [-0.4, -0.2) is 44.3 Å². The first kappa shape index (κ1) is 26.9. The van der Waals surface area contributed by atoms with Gasteiger partial charge in [-0.15, -0.1) is 0 Å². The van der Waals surface area contributed by atoms with E-state index in [0.29, 0.717) is 23.1 Å². The predicted octanol–water partition coefficient (Wildman–Crippen LogP) is 3.42. The van der Waals surface area contributed by atoms with E-state index in [9.17, 15) is 14.4 Å². The molecule has 0 aromatic carbocycles. The topological polar surface area (TPSA) is 120 Å². The second-order valence-corrected chi connectivity index (χ2v) is 9.69. The number of hydrogen-bond acceptors (Lipinski definition) is 6. The lowest BCUT2D eigenvalue weighted by atomic mass is 9.88. The molecule has 0 aliphatic carbocycles. The van der Waals surface area contributed by atoms with E-state index in [0.717, 1.165) is 5.69 Å². The fourth-order valence-electron chi connectivity index (χ4n) is 3.69. The average molecular weight is 515 g/mol. The number of aromatic nitrogens is 4. The summed E-state index contributed by atoms with van der Waals surface area (Å²) in [4.78, 5) is 47.2. The molecule has 3 rings (SSSR count). The fourth-order valence-corrected chi connectivity index (χ4v) is 3.85. The van der Waals surface area contributed by atoms with Gasteiger partial charge in [0.2, 0.25) is 11.8 Å². The number of amides is 2. The highest BCUT2D eigenvalue weighted by atomic mass is 35.5. The van der Waals surface area contributed by atoms with Crippen LogP contribution in [0.2, 0.25) is 5.02 Å². The molecule has 0 spiro atoms. The summed E-state index contributed by atoms with van der Waals surface area (Å²) in [7, 11) is 1.73. The summed E-state index contributed by atoms with van der Waals surface area (Å²) in [6.07, 6.45) is 1.47. The van der Waals surface area contributed by atoms with Crippen molar-refractivity contribution >= 4 is 29.1 Å². The van der Waals surface area contributed by atoms with E-state index in [1.165, 1.54) is 16.9 Å². The first-order chi connectivity index (χ1) is 16.9. The largest absolute Gasteiger partial charge is 0.477 e. The molecule has 0 bridgehead atoms. The quantitative estimate of drug-likeness (QED) is 0.451. The number of pyridine rings is 2. The standard InChI is InChI=1S/C25H31ClN6O4/c1-7-36-23-18(11-17(26)13-27-23)22(34)28-14-25(4,5)12-20(33)30-21-16(3)31(6)32(24(21)35)19-10-8-9-15(2)29-19/h8-11,13H,7,12,14H2,1-6H3,(H,28,34)(H,30,33). The molecular weight excluding hydrogens is 484 g/mol. The van der Waals surface area contributed by atoms with E-state index in [1.807, 2.05) is 32.9 Å². The van der Waals surface area contributed by atoms with E-state index in [1.54, 1.807) is 31.6 Å². The van der Waals surface area contributed by atoms with Crippen molar-refractivity contribution in [2.75, 3.05) is 18.5 Å². The molecular formula is C25H31ClN6O4. The highest BCUT2D eigenvalue weighted by Gasteiger charge is 2.26. The Balaban J connectivity index is 1.70. The maximum Gasteiger partial charge on any atom is 0.296 e. The Kier molecular flexibility index (Phi) is 8.19. The molecule has 3 heterocycles. The number of aryl methyl sites for hydroxylation is 1. The van der Waals surface area contributed by atoms with Gasteiger partial charge >= 0.3 is 0 Å². The smallest absolute Gasteiger partial charge is 0.296 e. The molecule has 2 amide bonds. The first-order valence-corrected chi connectivity index (χ1v) is 11.9. The Labute approximate surface area is 214 Å². The predicted molar refractivity (Wildman–Crippen MR) is 138 cm³/mol. The van der Waals surface area contributed by atoms with Crippen molar-refractivity contribution in [2.24, 2.45) is 12.5 Å². The summed E-state index contributed by atoms with van der Waals surface area (Å²) in [5.74, 6) is -0.0943. The molecule has 0 saturated carbocycles.